The third kappa shape index (κ3) is 3.88. The second-order valence-corrected chi connectivity index (χ2v) is 9.00. The highest BCUT2D eigenvalue weighted by Crippen LogP contribution is 2.43. The molecule has 0 bridgehead atoms. The van der Waals surface area contributed by atoms with Crippen molar-refractivity contribution >= 4 is 34.1 Å². The van der Waals surface area contributed by atoms with E-state index in [0.717, 1.165) is 57.6 Å². The van der Waals surface area contributed by atoms with E-state index in [4.69, 9.17) is 5.73 Å². The van der Waals surface area contributed by atoms with Crippen LogP contribution in [-0.4, -0.2) is 45.5 Å². The first kappa shape index (κ1) is 23.5. The first-order valence-electron chi connectivity index (χ1n) is 11.7. The number of nitrogens with zero attached hydrogens (tertiary/aromatic N) is 4. The fourth-order valence-electron chi connectivity index (χ4n) is 4.84. The minimum Gasteiger partial charge on any atom is -0.383 e. The fourth-order valence-corrected chi connectivity index (χ4v) is 4.84. The number of nitrogen functional groups attached to an aromatic ring is 1. The second kappa shape index (κ2) is 9.10. The molecule has 9 heteroatoms. The summed E-state index contributed by atoms with van der Waals surface area (Å²) in [5.41, 5.74) is 14.2. The summed E-state index contributed by atoms with van der Waals surface area (Å²) in [6, 6.07) is 13.9. The zero-order valence-electron chi connectivity index (χ0n) is 20.5. The molecule has 1 unspecified atom stereocenters. The molecule has 0 saturated heterocycles. The number of nitrogens with one attached hydrogen (secondary N) is 2. The summed E-state index contributed by atoms with van der Waals surface area (Å²) >= 11 is 0. The van der Waals surface area contributed by atoms with Gasteiger partial charge in [-0.2, -0.15) is 0 Å². The van der Waals surface area contributed by atoms with Crippen molar-refractivity contribution in [2.45, 2.75) is 19.7 Å². The van der Waals surface area contributed by atoms with Gasteiger partial charge in [-0.05, 0) is 61.3 Å². The van der Waals surface area contributed by atoms with Gasteiger partial charge in [0.05, 0.1) is 11.1 Å². The predicted octanol–water partition coefficient (Wildman–Crippen LogP) is 3.26. The summed E-state index contributed by atoms with van der Waals surface area (Å²) < 4.78 is 2.02. The fraction of sp³-hybridized carbons (Fsp3) is 0.222. The van der Waals surface area contributed by atoms with Gasteiger partial charge in [-0.15, -0.1) is 0 Å². The highest BCUT2D eigenvalue weighted by atomic mass is 16.3. The molecule has 3 heterocycles. The monoisotopic (exact) mass is 483 g/mol. The molecule has 2 aromatic carbocycles. The third-order valence-corrected chi connectivity index (χ3v) is 6.65. The lowest BCUT2D eigenvalue weighted by Crippen LogP contribution is -2.43. The van der Waals surface area contributed by atoms with Crippen LogP contribution in [0.4, 0.5) is 17.2 Å². The van der Waals surface area contributed by atoms with E-state index in [9.17, 15) is 9.90 Å². The van der Waals surface area contributed by atoms with Crippen LogP contribution >= 0.6 is 0 Å². The van der Waals surface area contributed by atoms with Crippen molar-refractivity contribution in [1.29, 1.82) is 0 Å². The molecular formula is C27H29N7O2. The van der Waals surface area contributed by atoms with E-state index in [2.05, 4.69) is 33.2 Å². The number of amides is 1. The highest BCUT2D eigenvalue weighted by molar-refractivity contribution is 6.08. The second-order valence-electron chi connectivity index (χ2n) is 9.00. The lowest BCUT2D eigenvalue weighted by atomic mass is 9.96. The molecule has 9 nitrogen and oxygen atoms in total. The summed E-state index contributed by atoms with van der Waals surface area (Å²) in [6.45, 7) is 6.09. The van der Waals surface area contributed by atoms with Crippen molar-refractivity contribution in [3.05, 3.63) is 66.5 Å². The number of aromatic nitrogens is 3. The van der Waals surface area contributed by atoms with Crippen LogP contribution < -0.4 is 21.3 Å². The first-order chi connectivity index (χ1) is 17.3. The van der Waals surface area contributed by atoms with Crippen LogP contribution in [0.15, 0.2) is 60.9 Å². The van der Waals surface area contributed by atoms with Crippen molar-refractivity contribution in [3.8, 4) is 22.4 Å². The Bertz CT molecular complexity index is 1490. The van der Waals surface area contributed by atoms with E-state index >= 15 is 0 Å². The number of benzene rings is 2. The van der Waals surface area contributed by atoms with Crippen LogP contribution in [0.5, 0.6) is 0 Å². The zero-order valence-corrected chi connectivity index (χ0v) is 20.5. The van der Waals surface area contributed by atoms with Crippen LogP contribution in [0.3, 0.4) is 0 Å². The van der Waals surface area contributed by atoms with Gasteiger partial charge >= 0.3 is 0 Å². The Labute approximate surface area is 209 Å². The first-order valence-corrected chi connectivity index (χ1v) is 11.7. The van der Waals surface area contributed by atoms with E-state index in [1.165, 1.54) is 6.33 Å². The number of hydrogen-bond donors (Lipinski definition) is 4. The summed E-state index contributed by atoms with van der Waals surface area (Å²) in [4.78, 5) is 22.8. The SMILES string of the molecule is C=C(C)C(=O)Nc1ccc(-c2c(-c3ccc4c(c3)CCN4C(O)NC)c3c(N)ncnc3n2C)cc1. The number of nitrogens with two attached hydrogens (primary N) is 1. The van der Waals surface area contributed by atoms with Gasteiger partial charge in [-0.3, -0.25) is 10.1 Å². The van der Waals surface area contributed by atoms with E-state index in [0.29, 0.717) is 17.1 Å². The van der Waals surface area contributed by atoms with Crippen LogP contribution in [0.1, 0.15) is 12.5 Å². The molecule has 1 atom stereocenters. The Morgan fingerprint density at radius 3 is 2.58 bits per heavy atom. The molecule has 0 saturated carbocycles. The van der Waals surface area contributed by atoms with E-state index < -0.39 is 6.35 Å². The van der Waals surface area contributed by atoms with Gasteiger partial charge in [-0.25, -0.2) is 9.97 Å². The molecule has 5 N–H and O–H groups in total. The topological polar surface area (TPSA) is 121 Å². The number of aliphatic hydroxyl groups is 1. The number of carbonyl (C=O) groups excluding carboxylic acids is 1. The molecular weight excluding hydrogens is 454 g/mol. The molecule has 0 aliphatic carbocycles. The normalized spacial score (nSPS) is 13.6. The van der Waals surface area contributed by atoms with Gasteiger partial charge in [0.25, 0.3) is 5.91 Å². The molecule has 1 amide bonds. The van der Waals surface area contributed by atoms with Crippen LogP contribution in [0.2, 0.25) is 0 Å². The number of carbonyl (C=O) groups is 1. The van der Waals surface area contributed by atoms with Crippen LogP contribution in [-0.2, 0) is 18.3 Å². The van der Waals surface area contributed by atoms with Crippen molar-refractivity contribution in [3.63, 3.8) is 0 Å². The molecule has 2 aromatic heterocycles. The average Bonchev–Trinajstić information content (AvgIpc) is 3.43. The molecule has 184 valence electrons. The largest absolute Gasteiger partial charge is 0.383 e. The Morgan fingerprint density at radius 1 is 1.17 bits per heavy atom. The van der Waals surface area contributed by atoms with Crippen molar-refractivity contribution in [2.24, 2.45) is 7.05 Å². The maximum absolute atomic E-state index is 12.0. The minimum absolute atomic E-state index is 0.216. The molecule has 0 spiro atoms. The van der Waals surface area contributed by atoms with Crippen LogP contribution in [0, 0.1) is 0 Å². The molecule has 0 fully saturated rings. The quantitative estimate of drug-likeness (QED) is 0.245. The number of hydrogen-bond acceptors (Lipinski definition) is 7. The average molecular weight is 484 g/mol. The molecule has 5 rings (SSSR count). The highest BCUT2D eigenvalue weighted by Gasteiger charge is 2.27. The molecule has 36 heavy (non-hydrogen) atoms. The van der Waals surface area contributed by atoms with Gasteiger partial charge in [0.15, 0.2) is 6.35 Å². The number of aliphatic hydroxyl groups excluding tert-OH is 1. The van der Waals surface area contributed by atoms with Crippen LogP contribution in [0.25, 0.3) is 33.4 Å². The lowest BCUT2D eigenvalue weighted by molar-refractivity contribution is -0.112. The van der Waals surface area contributed by atoms with Gasteiger partial charge in [0.2, 0.25) is 0 Å². The van der Waals surface area contributed by atoms with Gasteiger partial charge in [0, 0.05) is 36.1 Å². The van der Waals surface area contributed by atoms with Crippen molar-refractivity contribution in [1.82, 2.24) is 19.9 Å². The zero-order chi connectivity index (χ0) is 25.6. The summed E-state index contributed by atoms with van der Waals surface area (Å²) in [7, 11) is 3.69. The van der Waals surface area contributed by atoms with Crippen molar-refractivity contribution in [2.75, 3.05) is 29.5 Å². The number of anilines is 3. The lowest BCUT2D eigenvalue weighted by Gasteiger charge is -2.25. The molecule has 1 aliphatic heterocycles. The van der Waals surface area contributed by atoms with E-state index in [-0.39, 0.29) is 5.91 Å². The summed E-state index contributed by atoms with van der Waals surface area (Å²) in [6.07, 6.45) is 1.56. The summed E-state index contributed by atoms with van der Waals surface area (Å²) in [5, 5.41) is 16.9. The predicted molar refractivity (Wildman–Crippen MR) is 143 cm³/mol. The van der Waals surface area contributed by atoms with Crippen molar-refractivity contribution < 1.29 is 9.90 Å². The number of aryl methyl sites for hydroxylation is 1. The Hall–Kier alpha value is -4.21. The Balaban J connectivity index is 1.65. The Morgan fingerprint density at radius 2 is 1.89 bits per heavy atom. The van der Waals surface area contributed by atoms with E-state index in [1.54, 1.807) is 14.0 Å². The van der Waals surface area contributed by atoms with Gasteiger partial charge in [-0.1, -0.05) is 24.8 Å². The third-order valence-electron chi connectivity index (χ3n) is 6.65. The maximum atomic E-state index is 12.0. The van der Waals surface area contributed by atoms with E-state index in [1.807, 2.05) is 52.9 Å². The smallest absolute Gasteiger partial charge is 0.250 e. The minimum atomic E-state index is -0.738. The summed E-state index contributed by atoms with van der Waals surface area (Å²) in [5.74, 6) is 0.196. The maximum Gasteiger partial charge on any atom is 0.250 e. The Kier molecular flexibility index (Phi) is 5.95. The number of rotatable bonds is 6. The number of fused-ring (bicyclic) bond motifs is 2. The molecule has 0 radical (unpaired) electrons. The van der Waals surface area contributed by atoms with Gasteiger partial charge < -0.3 is 25.6 Å². The molecule has 1 aliphatic rings. The standard InChI is InChI=1S/C27H29N7O2/c1-15(2)26(35)32-19-8-5-16(6-9-19)23-21(22-24(28)30-14-31-25(22)33(23)4)18-7-10-20-17(13-18)11-12-34(20)27(36)29-3/h5-10,13-14,27,29,36H,1,11-12H2,2-4H3,(H,32,35)(H2,28,30,31). The van der Waals surface area contributed by atoms with Gasteiger partial charge in [0.1, 0.15) is 17.8 Å². The molecule has 4 aromatic rings.